The van der Waals surface area contributed by atoms with Crippen LogP contribution in [0.4, 0.5) is 0 Å². The lowest BCUT2D eigenvalue weighted by molar-refractivity contribution is -0.119. The molecule has 0 unspecified atom stereocenters. The molecule has 3 rings (SSSR count). The minimum Gasteiger partial charge on any atom is -0.352 e. The van der Waals surface area contributed by atoms with Crippen molar-refractivity contribution in [3.8, 4) is 0 Å². The maximum absolute atomic E-state index is 12.7. The summed E-state index contributed by atoms with van der Waals surface area (Å²) in [5.41, 5.74) is 0.467. The molecular formula is C17H21N3O4S2. The molecule has 2 aromatic rings. The number of carbonyl (C=O) groups excluding carboxylic acids is 1. The van der Waals surface area contributed by atoms with Gasteiger partial charge in [-0.25, -0.2) is 13.4 Å². The second-order valence-electron chi connectivity index (χ2n) is 6.64. The van der Waals surface area contributed by atoms with E-state index < -0.39 is 9.84 Å². The third kappa shape index (κ3) is 4.09. The highest BCUT2D eigenvalue weighted by Crippen LogP contribution is 2.21. The number of benzene rings is 1. The Labute approximate surface area is 156 Å². The zero-order chi connectivity index (χ0) is 18.9. The van der Waals surface area contributed by atoms with E-state index >= 15 is 0 Å². The zero-order valence-corrected chi connectivity index (χ0v) is 16.3. The Morgan fingerprint density at radius 1 is 1.38 bits per heavy atom. The highest BCUT2D eigenvalue weighted by atomic mass is 32.2. The van der Waals surface area contributed by atoms with Crippen LogP contribution in [0.1, 0.15) is 26.3 Å². The summed E-state index contributed by atoms with van der Waals surface area (Å²) in [6.07, 6.45) is 0.448. The van der Waals surface area contributed by atoms with E-state index in [1.54, 1.807) is 22.8 Å². The third-order valence-electron chi connectivity index (χ3n) is 4.22. The molecule has 0 saturated carbocycles. The van der Waals surface area contributed by atoms with Crippen LogP contribution in [-0.2, 0) is 14.6 Å². The van der Waals surface area contributed by atoms with Gasteiger partial charge < -0.3 is 5.32 Å². The number of carbonyl (C=O) groups is 1. The first kappa shape index (κ1) is 18.9. The molecule has 0 spiro atoms. The Hall–Kier alpha value is -1.87. The lowest BCUT2D eigenvalue weighted by Crippen LogP contribution is -2.37. The summed E-state index contributed by atoms with van der Waals surface area (Å²) in [7, 11) is -3.04. The van der Waals surface area contributed by atoms with E-state index in [1.165, 1.54) is 11.8 Å². The predicted molar refractivity (Wildman–Crippen MR) is 102 cm³/mol. The number of hydrogen-bond donors (Lipinski definition) is 1. The second kappa shape index (κ2) is 7.40. The smallest absolute Gasteiger partial charge is 0.262 e. The minimum absolute atomic E-state index is 0.00562. The van der Waals surface area contributed by atoms with Crippen molar-refractivity contribution in [1.82, 2.24) is 14.9 Å². The molecule has 1 aliphatic heterocycles. The van der Waals surface area contributed by atoms with Crippen LogP contribution >= 0.6 is 11.8 Å². The molecule has 1 aromatic heterocycles. The van der Waals surface area contributed by atoms with Crippen molar-refractivity contribution >= 4 is 38.4 Å². The fourth-order valence-corrected chi connectivity index (χ4v) is 5.60. The first-order chi connectivity index (χ1) is 12.3. The van der Waals surface area contributed by atoms with Gasteiger partial charge in [0.1, 0.15) is 0 Å². The summed E-state index contributed by atoms with van der Waals surface area (Å²) in [6, 6.07) is 6.71. The van der Waals surface area contributed by atoms with Gasteiger partial charge in [-0.3, -0.25) is 14.2 Å². The van der Waals surface area contributed by atoms with Crippen molar-refractivity contribution in [2.75, 3.05) is 17.3 Å². The SMILES string of the molecule is CC(C)n1c(SCC(=O)N[C@H]2CCS(=O)(=O)C2)nc2ccccc2c1=O. The highest BCUT2D eigenvalue weighted by molar-refractivity contribution is 7.99. The number of hydrogen-bond acceptors (Lipinski definition) is 6. The third-order valence-corrected chi connectivity index (χ3v) is 6.94. The molecule has 1 atom stereocenters. The molecule has 1 amide bonds. The van der Waals surface area contributed by atoms with Crippen LogP contribution < -0.4 is 10.9 Å². The summed E-state index contributed by atoms with van der Waals surface area (Å²) < 4.78 is 24.5. The van der Waals surface area contributed by atoms with Gasteiger partial charge >= 0.3 is 0 Å². The van der Waals surface area contributed by atoms with Crippen molar-refractivity contribution < 1.29 is 13.2 Å². The number of sulfone groups is 1. The summed E-state index contributed by atoms with van der Waals surface area (Å²) >= 11 is 1.19. The van der Waals surface area contributed by atoms with Crippen LogP contribution in [0.25, 0.3) is 10.9 Å². The average molecular weight is 396 g/mol. The first-order valence-corrected chi connectivity index (χ1v) is 11.2. The Kier molecular flexibility index (Phi) is 5.38. The Morgan fingerprint density at radius 3 is 2.77 bits per heavy atom. The normalized spacial score (nSPS) is 19.1. The summed E-state index contributed by atoms with van der Waals surface area (Å²) in [5.74, 6) is -0.0677. The van der Waals surface area contributed by atoms with Crippen LogP contribution in [0.3, 0.4) is 0 Å². The van der Waals surface area contributed by atoms with Crippen LogP contribution in [-0.4, -0.2) is 47.2 Å². The van der Waals surface area contributed by atoms with Crippen molar-refractivity contribution in [3.63, 3.8) is 0 Å². The fraction of sp³-hybridized carbons (Fsp3) is 0.471. The van der Waals surface area contributed by atoms with Gasteiger partial charge in [-0.05, 0) is 32.4 Å². The van der Waals surface area contributed by atoms with Gasteiger partial charge in [0.2, 0.25) is 5.91 Å². The second-order valence-corrected chi connectivity index (χ2v) is 9.81. The van der Waals surface area contributed by atoms with E-state index in [0.717, 1.165) is 0 Å². The maximum atomic E-state index is 12.7. The monoisotopic (exact) mass is 395 g/mol. The van der Waals surface area contributed by atoms with E-state index in [-0.39, 0.29) is 40.8 Å². The number of fused-ring (bicyclic) bond motifs is 1. The van der Waals surface area contributed by atoms with Gasteiger partial charge in [0.05, 0.1) is 28.2 Å². The number of para-hydroxylation sites is 1. The van der Waals surface area contributed by atoms with Gasteiger partial charge in [-0.15, -0.1) is 0 Å². The maximum Gasteiger partial charge on any atom is 0.262 e. The van der Waals surface area contributed by atoms with E-state index in [2.05, 4.69) is 10.3 Å². The average Bonchev–Trinajstić information content (AvgIpc) is 2.91. The van der Waals surface area contributed by atoms with Crippen LogP contribution in [0, 0.1) is 0 Å². The zero-order valence-electron chi connectivity index (χ0n) is 14.6. The quantitative estimate of drug-likeness (QED) is 0.607. The first-order valence-electron chi connectivity index (χ1n) is 8.41. The molecule has 9 heteroatoms. The van der Waals surface area contributed by atoms with Gasteiger partial charge in [0, 0.05) is 12.1 Å². The van der Waals surface area contributed by atoms with Crippen molar-refractivity contribution in [3.05, 3.63) is 34.6 Å². The summed E-state index contributed by atoms with van der Waals surface area (Å²) in [4.78, 5) is 29.4. The molecule has 26 heavy (non-hydrogen) atoms. The van der Waals surface area contributed by atoms with Gasteiger partial charge in [0.25, 0.3) is 5.56 Å². The molecule has 2 heterocycles. The molecule has 140 valence electrons. The summed E-state index contributed by atoms with van der Waals surface area (Å²) in [5, 5.41) is 3.78. The predicted octanol–water partition coefficient (Wildman–Crippen LogP) is 1.37. The molecule has 1 saturated heterocycles. The van der Waals surface area contributed by atoms with Crippen molar-refractivity contribution in [1.29, 1.82) is 0 Å². The number of nitrogens with zero attached hydrogens (tertiary/aromatic N) is 2. The highest BCUT2D eigenvalue weighted by Gasteiger charge is 2.29. The van der Waals surface area contributed by atoms with Crippen LogP contribution in [0.5, 0.6) is 0 Å². The molecule has 1 aromatic carbocycles. The van der Waals surface area contributed by atoms with Crippen LogP contribution in [0.2, 0.25) is 0 Å². The van der Waals surface area contributed by atoms with Crippen LogP contribution in [0.15, 0.2) is 34.2 Å². The van der Waals surface area contributed by atoms with E-state index in [9.17, 15) is 18.0 Å². The van der Waals surface area contributed by atoms with E-state index in [4.69, 9.17) is 0 Å². The molecule has 0 radical (unpaired) electrons. The fourth-order valence-electron chi connectivity index (χ4n) is 2.99. The summed E-state index contributed by atoms with van der Waals surface area (Å²) in [6.45, 7) is 3.79. The standard InChI is InChI=1S/C17H21N3O4S2/c1-11(2)20-16(22)13-5-3-4-6-14(13)19-17(20)25-9-15(21)18-12-7-8-26(23,24)10-12/h3-6,11-12H,7-10H2,1-2H3,(H,18,21)/t12-/m0/s1. The van der Waals surface area contributed by atoms with Gasteiger partial charge in [-0.2, -0.15) is 0 Å². The Balaban J connectivity index is 1.77. The molecular weight excluding hydrogens is 374 g/mol. The number of thioether (sulfide) groups is 1. The van der Waals surface area contributed by atoms with Gasteiger partial charge in [-0.1, -0.05) is 23.9 Å². The topological polar surface area (TPSA) is 98.1 Å². The van der Waals surface area contributed by atoms with E-state index in [0.29, 0.717) is 22.5 Å². The molecule has 0 aliphatic carbocycles. The number of aromatic nitrogens is 2. The molecule has 1 N–H and O–H groups in total. The number of amides is 1. The van der Waals surface area contributed by atoms with Crippen molar-refractivity contribution in [2.24, 2.45) is 0 Å². The van der Waals surface area contributed by atoms with Crippen molar-refractivity contribution in [2.45, 2.75) is 37.5 Å². The van der Waals surface area contributed by atoms with Gasteiger partial charge in [0.15, 0.2) is 15.0 Å². The molecule has 1 aliphatic rings. The molecule has 0 bridgehead atoms. The largest absolute Gasteiger partial charge is 0.352 e. The number of rotatable bonds is 5. The van der Waals surface area contributed by atoms with E-state index in [1.807, 2.05) is 19.9 Å². The minimum atomic E-state index is -3.04. The molecule has 7 nitrogen and oxygen atoms in total. The number of nitrogens with one attached hydrogen (secondary N) is 1. The molecule has 1 fully saturated rings. The Bertz CT molecular complexity index is 999. The Morgan fingerprint density at radius 2 is 2.12 bits per heavy atom. The lowest BCUT2D eigenvalue weighted by atomic mass is 10.2. The lowest BCUT2D eigenvalue weighted by Gasteiger charge is -2.16.